The second-order valence-electron chi connectivity index (χ2n) is 5.84. The van der Waals surface area contributed by atoms with Crippen molar-refractivity contribution >= 4 is 17.3 Å². The highest BCUT2D eigenvalue weighted by atomic mass is 16.6. The minimum atomic E-state index is -0.444. The monoisotopic (exact) mass is 264 g/mol. The molecule has 106 valence electrons. The number of nitrogens with one attached hydrogen (secondary N) is 1. The number of hydrogen-bond donors (Lipinski definition) is 1. The number of carbonyl (C=O) groups excluding carboxylic acids is 1. The van der Waals surface area contributed by atoms with Gasteiger partial charge in [-0.15, -0.1) is 0 Å². The summed E-state index contributed by atoms with van der Waals surface area (Å²) in [5, 5.41) is 3.09. The summed E-state index contributed by atoms with van der Waals surface area (Å²) >= 11 is 0. The second kappa shape index (κ2) is 5.95. The molecule has 0 saturated carbocycles. The van der Waals surface area contributed by atoms with E-state index in [1.165, 1.54) is 5.56 Å². The van der Waals surface area contributed by atoms with E-state index >= 15 is 0 Å². The first kappa shape index (κ1) is 15.3. The first-order valence-electron chi connectivity index (χ1n) is 6.43. The maximum absolute atomic E-state index is 11.6. The molecule has 0 aromatic heterocycles. The summed E-state index contributed by atoms with van der Waals surface area (Å²) in [6, 6.07) is 6.03. The highest BCUT2D eigenvalue weighted by Gasteiger charge is 2.15. The van der Waals surface area contributed by atoms with E-state index in [1.807, 2.05) is 58.0 Å². The lowest BCUT2D eigenvalue weighted by Gasteiger charge is -2.20. The Morgan fingerprint density at radius 3 is 2.47 bits per heavy atom. The molecule has 0 fully saturated rings. The Labute approximate surface area is 115 Å². The van der Waals surface area contributed by atoms with Crippen LogP contribution >= 0.6 is 0 Å². The Kier molecular flexibility index (Phi) is 4.81. The molecule has 0 atom stereocenters. The van der Waals surface area contributed by atoms with Crippen LogP contribution in [0, 0.1) is 6.92 Å². The highest BCUT2D eigenvalue weighted by Crippen LogP contribution is 2.22. The lowest BCUT2D eigenvalue weighted by atomic mass is 10.1. The van der Waals surface area contributed by atoms with Gasteiger partial charge < -0.3 is 15.0 Å². The van der Waals surface area contributed by atoms with E-state index in [2.05, 4.69) is 12.2 Å². The topological polar surface area (TPSA) is 41.6 Å². The number of benzene rings is 1. The fourth-order valence-corrected chi connectivity index (χ4v) is 1.75. The van der Waals surface area contributed by atoms with Crippen molar-refractivity contribution in [1.29, 1.82) is 0 Å². The van der Waals surface area contributed by atoms with Gasteiger partial charge >= 0.3 is 5.97 Å². The molecular formula is C15H24N2O2. The van der Waals surface area contributed by atoms with Crippen molar-refractivity contribution in [3.05, 3.63) is 23.8 Å². The number of aryl methyl sites for hydroxylation is 1. The van der Waals surface area contributed by atoms with Gasteiger partial charge in [0.2, 0.25) is 0 Å². The zero-order valence-corrected chi connectivity index (χ0v) is 12.7. The number of esters is 1. The smallest absolute Gasteiger partial charge is 0.325 e. The predicted octanol–water partition coefficient (Wildman–Crippen LogP) is 2.81. The maximum Gasteiger partial charge on any atom is 0.325 e. The molecule has 0 aliphatic heterocycles. The average molecular weight is 264 g/mol. The molecule has 1 aromatic rings. The predicted molar refractivity (Wildman–Crippen MR) is 79.8 cm³/mol. The Hall–Kier alpha value is -1.71. The van der Waals surface area contributed by atoms with Crippen LogP contribution in [0.3, 0.4) is 0 Å². The molecule has 0 aliphatic rings. The van der Waals surface area contributed by atoms with Crippen molar-refractivity contribution in [2.24, 2.45) is 0 Å². The van der Waals surface area contributed by atoms with E-state index in [-0.39, 0.29) is 12.5 Å². The number of hydrogen-bond acceptors (Lipinski definition) is 4. The number of nitrogens with zero attached hydrogens (tertiary/aromatic N) is 1. The van der Waals surface area contributed by atoms with Gasteiger partial charge in [-0.2, -0.15) is 0 Å². The summed E-state index contributed by atoms with van der Waals surface area (Å²) in [5.74, 6) is -0.250. The Balaban J connectivity index is 2.64. The first-order valence-corrected chi connectivity index (χ1v) is 6.43. The molecule has 0 saturated heterocycles. The summed E-state index contributed by atoms with van der Waals surface area (Å²) in [4.78, 5) is 13.7. The van der Waals surface area contributed by atoms with Crippen molar-refractivity contribution in [2.75, 3.05) is 30.9 Å². The molecule has 1 N–H and O–H groups in total. The average Bonchev–Trinajstić information content (AvgIpc) is 2.25. The number of anilines is 2. The quantitative estimate of drug-likeness (QED) is 0.849. The van der Waals surface area contributed by atoms with Crippen molar-refractivity contribution < 1.29 is 9.53 Å². The van der Waals surface area contributed by atoms with E-state index in [1.54, 1.807) is 0 Å². The Bertz CT molecular complexity index is 448. The van der Waals surface area contributed by atoms with Gasteiger partial charge in [0.05, 0.1) is 0 Å². The van der Waals surface area contributed by atoms with Gasteiger partial charge in [-0.25, -0.2) is 0 Å². The van der Waals surface area contributed by atoms with Crippen LogP contribution in [0.1, 0.15) is 26.3 Å². The molecule has 0 aliphatic carbocycles. The van der Waals surface area contributed by atoms with Gasteiger partial charge in [-0.3, -0.25) is 4.79 Å². The lowest BCUT2D eigenvalue weighted by Crippen LogP contribution is -2.28. The maximum atomic E-state index is 11.6. The van der Waals surface area contributed by atoms with Gasteiger partial charge in [0.1, 0.15) is 12.1 Å². The molecule has 0 radical (unpaired) electrons. The summed E-state index contributed by atoms with van der Waals surface area (Å²) < 4.78 is 5.25. The summed E-state index contributed by atoms with van der Waals surface area (Å²) in [6.07, 6.45) is 0. The molecule has 0 spiro atoms. The van der Waals surface area contributed by atoms with Gasteiger partial charge in [0.15, 0.2) is 0 Å². The molecule has 19 heavy (non-hydrogen) atoms. The van der Waals surface area contributed by atoms with Crippen LogP contribution in [0.5, 0.6) is 0 Å². The number of rotatable bonds is 4. The molecule has 0 heterocycles. The van der Waals surface area contributed by atoms with Crippen LogP contribution in [-0.2, 0) is 9.53 Å². The Morgan fingerprint density at radius 1 is 1.32 bits per heavy atom. The molecule has 1 rings (SSSR count). The minimum absolute atomic E-state index is 0.174. The third-order valence-electron chi connectivity index (χ3n) is 2.55. The fourth-order valence-electron chi connectivity index (χ4n) is 1.75. The zero-order chi connectivity index (χ0) is 14.6. The number of ether oxygens (including phenoxy) is 1. The van der Waals surface area contributed by atoms with Crippen molar-refractivity contribution in [3.63, 3.8) is 0 Å². The van der Waals surface area contributed by atoms with Crippen LogP contribution < -0.4 is 10.2 Å². The third kappa shape index (κ3) is 5.20. The van der Waals surface area contributed by atoms with Gasteiger partial charge in [0, 0.05) is 25.5 Å². The third-order valence-corrected chi connectivity index (χ3v) is 2.55. The van der Waals surface area contributed by atoms with E-state index in [0.717, 1.165) is 11.4 Å². The normalized spacial score (nSPS) is 11.1. The zero-order valence-electron chi connectivity index (χ0n) is 12.7. The lowest BCUT2D eigenvalue weighted by molar-refractivity contribution is -0.152. The molecule has 0 amide bonds. The fraction of sp³-hybridized carbons (Fsp3) is 0.533. The molecule has 4 nitrogen and oxygen atoms in total. The SMILES string of the molecule is Cc1ccc(NCC(=O)OC(C)(C)C)cc1N(C)C. The van der Waals surface area contributed by atoms with Crippen LogP contribution in [0.2, 0.25) is 0 Å². The molecule has 0 bridgehead atoms. The van der Waals surface area contributed by atoms with Crippen LogP contribution in [0.25, 0.3) is 0 Å². The summed E-state index contributed by atoms with van der Waals surface area (Å²) in [7, 11) is 4.00. The number of carbonyl (C=O) groups is 1. The van der Waals surface area contributed by atoms with Crippen LogP contribution in [-0.4, -0.2) is 32.2 Å². The van der Waals surface area contributed by atoms with Crippen LogP contribution in [0.4, 0.5) is 11.4 Å². The molecular weight excluding hydrogens is 240 g/mol. The van der Waals surface area contributed by atoms with Gasteiger partial charge in [-0.1, -0.05) is 6.07 Å². The van der Waals surface area contributed by atoms with E-state index < -0.39 is 5.60 Å². The highest BCUT2D eigenvalue weighted by molar-refractivity contribution is 5.76. The van der Waals surface area contributed by atoms with E-state index in [4.69, 9.17) is 4.74 Å². The largest absolute Gasteiger partial charge is 0.459 e. The van der Waals surface area contributed by atoms with Crippen molar-refractivity contribution in [3.8, 4) is 0 Å². The summed E-state index contributed by atoms with van der Waals surface area (Å²) in [6.45, 7) is 7.82. The van der Waals surface area contributed by atoms with Gasteiger partial charge in [0.25, 0.3) is 0 Å². The van der Waals surface area contributed by atoms with Crippen molar-refractivity contribution in [2.45, 2.75) is 33.3 Å². The Morgan fingerprint density at radius 2 is 1.95 bits per heavy atom. The van der Waals surface area contributed by atoms with Crippen molar-refractivity contribution in [1.82, 2.24) is 0 Å². The molecule has 0 unspecified atom stereocenters. The summed E-state index contributed by atoms with van der Waals surface area (Å²) in [5.41, 5.74) is 2.81. The molecule has 4 heteroatoms. The van der Waals surface area contributed by atoms with Gasteiger partial charge in [-0.05, 0) is 45.4 Å². The second-order valence-corrected chi connectivity index (χ2v) is 5.84. The first-order chi connectivity index (χ1) is 8.69. The van der Waals surface area contributed by atoms with E-state index in [9.17, 15) is 4.79 Å². The van der Waals surface area contributed by atoms with Crippen LogP contribution in [0.15, 0.2) is 18.2 Å². The standard InChI is InChI=1S/C15H24N2O2/c1-11-7-8-12(9-13(11)17(5)6)16-10-14(18)19-15(2,3)4/h7-9,16H,10H2,1-6H3. The molecule has 1 aromatic carbocycles. The minimum Gasteiger partial charge on any atom is -0.459 e. The van der Waals surface area contributed by atoms with E-state index in [0.29, 0.717) is 0 Å².